The van der Waals surface area contributed by atoms with Crippen LogP contribution < -0.4 is 0 Å². The fourth-order valence-electron chi connectivity index (χ4n) is 1.53. The smallest absolute Gasteiger partial charge is 0.311 e. The Bertz CT molecular complexity index is 308. The quantitative estimate of drug-likeness (QED) is 0.596. The summed E-state index contributed by atoms with van der Waals surface area (Å²) in [7, 11) is -1.86. The lowest BCUT2D eigenvalue weighted by Gasteiger charge is -2.16. The molecule has 0 aromatic heterocycles. The maximum absolute atomic E-state index is 11.2. The Morgan fingerprint density at radius 1 is 1.36 bits per heavy atom. The number of rotatable bonds is 1. The van der Waals surface area contributed by atoms with E-state index in [1.807, 2.05) is 0 Å². The fraction of sp³-hybridized carbons (Fsp3) is 0.875. The molecule has 2 atom stereocenters. The fourth-order valence-corrected chi connectivity index (χ4v) is 2.95. The maximum atomic E-state index is 11.2. The van der Waals surface area contributed by atoms with Gasteiger partial charge in [0.15, 0.2) is 0 Å². The lowest BCUT2D eigenvalue weighted by atomic mass is 9.98. The molecule has 0 aromatic rings. The minimum Gasteiger partial charge on any atom is -0.469 e. The highest BCUT2D eigenvalue weighted by atomic mass is 32.2. The van der Waals surface area contributed by atoms with Crippen molar-refractivity contribution in [3.05, 3.63) is 0 Å². The number of hydrogen-bond acceptors (Lipinski definition) is 5. The number of carbonyl (C=O) groups excluding carboxylic acids is 1. The van der Waals surface area contributed by atoms with Gasteiger partial charge in [-0.3, -0.25) is 4.79 Å². The molecule has 0 bridgehead atoms. The molecular formula is C8H14O5S. The van der Waals surface area contributed by atoms with Gasteiger partial charge in [0, 0.05) is 0 Å². The third kappa shape index (κ3) is 2.68. The number of sulfone groups is 1. The number of methoxy groups -OCH3 is 1. The van der Waals surface area contributed by atoms with Crippen molar-refractivity contribution in [1.82, 2.24) is 0 Å². The third-order valence-corrected chi connectivity index (χ3v) is 4.15. The van der Waals surface area contributed by atoms with Crippen molar-refractivity contribution in [3.63, 3.8) is 0 Å². The molecular weight excluding hydrogens is 208 g/mol. The number of esters is 1. The molecule has 5 nitrogen and oxygen atoms in total. The van der Waals surface area contributed by atoms with E-state index in [1.165, 1.54) is 7.11 Å². The lowest BCUT2D eigenvalue weighted by molar-refractivity contribution is -0.149. The second-order valence-electron chi connectivity index (χ2n) is 3.43. The summed E-state index contributed by atoms with van der Waals surface area (Å²) in [5.74, 6) is -1.34. The van der Waals surface area contributed by atoms with Crippen LogP contribution in [0, 0.1) is 5.92 Å². The Hall–Kier alpha value is -0.620. The average Bonchev–Trinajstić information content (AvgIpc) is 2.26. The summed E-state index contributed by atoms with van der Waals surface area (Å²) in [6.07, 6.45) is -0.641. The number of ether oxygens (including phenoxy) is 1. The molecule has 6 heteroatoms. The second kappa shape index (κ2) is 4.27. The van der Waals surface area contributed by atoms with Crippen LogP contribution >= 0.6 is 0 Å². The van der Waals surface area contributed by atoms with Crippen molar-refractivity contribution >= 4 is 15.8 Å². The van der Waals surface area contributed by atoms with E-state index < -0.39 is 27.8 Å². The van der Waals surface area contributed by atoms with Crippen molar-refractivity contribution in [3.8, 4) is 0 Å². The molecule has 0 aromatic carbocycles. The summed E-state index contributed by atoms with van der Waals surface area (Å²) < 4.78 is 26.9. The van der Waals surface area contributed by atoms with E-state index in [1.54, 1.807) is 0 Å². The molecule has 1 aliphatic heterocycles. The van der Waals surface area contributed by atoms with Crippen LogP contribution in [0.3, 0.4) is 0 Å². The molecule has 0 spiro atoms. The predicted octanol–water partition coefficient (Wildman–Crippen LogP) is -0.655. The molecule has 0 radical (unpaired) electrons. The van der Waals surface area contributed by atoms with Gasteiger partial charge in [-0.2, -0.15) is 0 Å². The van der Waals surface area contributed by atoms with E-state index in [2.05, 4.69) is 4.74 Å². The van der Waals surface area contributed by atoms with Crippen LogP contribution in [0.2, 0.25) is 0 Å². The van der Waals surface area contributed by atoms with Gasteiger partial charge in [0.25, 0.3) is 0 Å². The van der Waals surface area contributed by atoms with Crippen LogP contribution in [0.4, 0.5) is 0 Å². The number of aliphatic hydroxyl groups is 1. The Morgan fingerprint density at radius 2 is 1.93 bits per heavy atom. The van der Waals surface area contributed by atoms with Crippen molar-refractivity contribution in [2.24, 2.45) is 5.92 Å². The van der Waals surface area contributed by atoms with Gasteiger partial charge in [0.05, 0.1) is 30.6 Å². The Morgan fingerprint density at radius 3 is 2.50 bits per heavy atom. The zero-order chi connectivity index (χ0) is 10.8. The molecule has 1 rings (SSSR count). The number of carbonyl (C=O) groups is 1. The second-order valence-corrected chi connectivity index (χ2v) is 5.73. The van der Waals surface area contributed by atoms with Gasteiger partial charge in [-0.25, -0.2) is 8.42 Å². The normalized spacial score (nSPS) is 31.9. The lowest BCUT2D eigenvalue weighted by Crippen LogP contribution is -2.28. The van der Waals surface area contributed by atoms with Crippen LogP contribution in [0.1, 0.15) is 12.8 Å². The molecule has 82 valence electrons. The van der Waals surface area contributed by atoms with Crippen LogP contribution in [0.25, 0.3) is 0 Å². The molecule has 0 amide bonds. The summed E-state index contributed by atoms with van der Waals surface area (Å²) in [5, 5.41) is 9.52. The molecule has 2 unspecified atom stereocenters. The maximum Gasteiger partial charge on any atom is 0.311 e. The van der Waals surface area contributed by atoms with Crippen LogP contribution in [0.15, 0.2) is 0 Å². The first-order valence-corrected chi connectivity index (χ1v) is 6.25. The van der Waals surface area contributed by atoms with Crippen LogP contribution in [-0.4, -0.2) is 44.2 Å². The summed E-state index contributed by atoms with van der Waals surface area (Å²) >= 11 is 0. The predicted molar refractivity (Wildman–Crippen MR) is 49.4 cm³/mol. The molecule has 1 saturated heterocycles. The summed E-state index contributed by atoms with van der Waals surface area (Å²) in [5.41, 5.74) is 0. The van der Waals surface area contributed by atoms with Gasteiger partial charge in [-0.05, 0) is 12.8 Å². The molecule has 0 aliphatic carbocycles. The average molecular weight is 222 g/mol. The number of aliphatic hydroxyl groups excluding tert-OH is 1. The van der Waals surface area contributed by atoms with Crippen molar-refractivity contribution in [2.75, 3.05) is 18.6 Å². The van der Waals surface area contributed by atoms with Gasteiger partial charge in [0.2, 0.25) is 0 Å². The first-order chi connectivity index (χ1) is 6.46. The van der Waals surface area contributed by atoms with E-state index in [0.717, 1.165) is 0 Å². The van der Waals surface area contributed by atoms with E-state index in [9.17, 15) is 18.3 Å². The monoisotopic (exact) mass is 222 g/mol. The van der Waals surface area contributed by atoms with Gasteiger partial charge in [-0.15, -0.1) is 0 Å². The first-order valence-electron chi connectivity index (χ1n) is 4.42. The van der Waals surface area contributed by atoms with E-state index in [-0.39, 0.29) is 24.3 Å². The Balaban J connectivity index is 2.75. The summed E-state index contributed by atoms with van der Waals surface area (Å²) in [6, 6.07) is 0. The Kier molecular flexibility index (Phi) is 3.49. The molecule has 1 heterocycles. The van der Waals surface area contributed by atoms with Gasteiger partial charge < -0.3 is 9.84 Å². The SMILES string of the molecule is COC(=O)C1CCS(=O)(=O)CCC1O. The van der Waals surface area contributed by atoms with Crippen molar-refractivity contribution in [1.29, 1.82) is 0 Å². The first kappa shape index (κ1) is 11.5. The highest BCUT2D eigenvalue weighted by Crippen LogP contribution is 2.20. The summed E-state index contributed by atoms with van der Waals surface area (Å²) in [6.45, 7) is 0. The zero-order valence-corrected chi connectivity index (χ0v) is 8.79. The standard InChI is InChI=1S/C8H14O5S/c1-13-8(10)6-2-4-14(11,12)5-3-7(6)9/h6-7,9H,2-5H2,1H3. The van der Waals surface area contributed by atoms with Crippen LogP contribution in [0.5, 0.6) is 0 Å². The van der Waals surface area contributed by atoms with Crippen molar-refractivity contribution < 1.29 is 23.1 Å². The molecule has 1 aliphatic rings. The highest BCUT2D eigenvalue weighted by molar-refractivity contribution is 7.91. The minimum absolute atomic E-state index is 0.0518. The largest absolute Gasteiger partial charge is 0.469 e. The third-order valence-electron chi connectivity index (χ3n) is 2.43. The highest BCUT2D eigenvalue weighted by Gasteiger charge is 2.33. The van der Waals surface area contributed by atoms with Gasteiger partial charge >= 0.3 is 5.97 Å². The molecule has 1 N–H and O–H groups in total. The Labute approximate surface area is 83.0 Å². The van der Waals surface area contributed by atoms with E-state index in [4.69, 9.17) is 0 Å². The topological polar surface area (TPSA) is 80.7 Å². The molecule has 14 heavy (non-hydrogen) atoms. The summed E-state index contributed by atoms with van der Waals surface area (Å²) in [4.78, 5) is 11.2. The van der Waals surface area contributed by atoms with Crippen molar-refractivity contribution in [2.45, 2.75) is 18.9 Å². The number of hydrogen-bond donors (Lipinski definition) is 1. The minimum atomic E-state index is -3.09. The van der Waals surface area contributed by atoms with Gasteiger partial charge in [-0.1, -0.05) is 0 Å². The molecule has 1 fully saturated rings. The van der Waals surface area contributed by atoms with Crippen LogP contribution in [-0.2, 0) is 19.4 Å². The van der Waals surface area contributed by atoms with E-state index in [0.29, 0.717) is 0 Å². The van der Waals surface area contributed by atoms with Gasteiger partial charge in [0.1, 0.15) is 9.84 Å². The molecule has 0 saturated carbocycles. The zero-order valence-electron chi connectivity index (χ0n) is 7.97. The van der Waals surface area contributed by atoms with E-state index >= 15 is 0 Å².